The molecule has 0 unspecified atom stereocenters. The van der Waals surface area contributed by atoms with Crippen LogP contribution in [0.1, 0.15) is 31.7 Å². The van der Waals surface area contributed by atoms with Crippen molar-refractivity contribution >= 4 is 0 Å². The SMILES string of the molecule is CCCCNCCC[N+](C)(C)Cc1cccc(OC)c1. The Labute approximate surface area is 124 Å². The number of nitrogens with one attached hydrogen (secondary N) is 1. The molecule has 20 heavy (non-hydrogen) atoms. The van der Waals surface area contributed by atoms with Gasteiger partial charge in [0.15, 0.2) is 0 Å². The summed E-state index contributed by atoms with van der Waals surface area (Å²) in [4.78, 5) is 0. The molecule has 0 atom stereocenters. The molecule has 0 heterocycles. The van der Waals surface area contributed by atoms with Gasteiger partial charge < -0.3 is 14.5 Å². The zero-order valence-electron chi connectivity index (χ0n) is 13.6. The smallest absolute Gasteiger partial charge is 0.119 e. The largest absolute Gasteiger partial charge is 0.497 e. The van der Waals surface area contributed by atoms with E-state index in [0.29, 0.717) is 0 Å². The number of benzene rings is 1. The predicted octanol–water partition coefficient (Wildman–Crippen LogP) is 3.05. The average Bonchev–Trinajstić information content (AvgIpc) is 2.42. The van der Waals surface area contributed by atoms with Crippen molar-refractivity contribution < 1.29 is 9.22 Å². The molecule has 1 rings (SSSR count). The number of hydrogen-bond acceptors (Lipinski definition) is 2. The van der Waals surface area contributed by atoms with Gasteiger partial charge in [-0.15, -0.1) is 0 Å². The van der Waals surface area contributed by atoms with Crippen LogP contribution >= 0.6 is 0 Å². The summed E-state index contributed by atoms with van der Waals surface area (Å²) in [5.41, 5.74) is 1.34. The van der Waals surface area contributed by atoms with Crippen LogP contribution in [-0.2, 0) is 6.54 Å². The summed E-state index contributed by atoms with van der Waals surface area (Å²) in [5.74, 6) is 0.948. The van der Waals surface area contributed by atoms with Crippen LogP contribution in [0.2, 0.25) is 0 Å². The Bertz CT molecular complexity index is 377. The van der Waals surface area contributed by atoms with Crippen molar-refractivity contribution in [2.24, 2.45) is 0 Å². The van der Waals surface area contributed by atoms with Gasteiger partial charge >= 0.3 is 0 Å². The van der Waals surface area contributed by atoms with Gasteiger partial charge in [0.05, 0.1) is 27.7 Å². The maximum absolute atomic E-state index is 5.29. The number of quaternary nitrogens is 1. The summed E-state index contributed by atoms with van der Waals surface area (Å²) in [5, 5.41) is 3.51. The monoisotopic (exact) mass is 279 g/mol. The van der Waals surface area contributed by atoms with Gasteiger partial charge in [0.25, 0.3) is 0 Å². The number of hydrogen-bond donors (Lipinski definition) is 1. The zero-order valence-corrected chi connectivity index (χ0v) is 13.6. The second kappa shape index (κ2) is 8.98. The van der Waals surface area contributed by atoms with Crippen molar-refractivity contribution in [3.05, 3.63) is 29.8 Å². The molecule has 1 N–H and O–H groups in total. The Morgan fingerprint density at radius 3 is 2.60 bits per heavy atom. The first-order chi connectivity index (χ1) is 9.57. The third kappa shape index (κ3) is 6.92. The minimum Gasteiger partial charge on any atom is -0.497 e. The van der Waals surface area contributed by atoms with E-state index in [1.165, 1.54) is 31.4 Å². The molecular formula is C17H31N2O+. The third-order valence-corrected chi connectivity index (χ3v) is 3.57. The van der Waals surface area contributed by atoms with E-state index in [0.717, 1.165) is 29.9 Å². The Balaban J connectivity index is 2.32. The van der Waals surface area contributed by atoms with Gasteiger partial charge in [-0.05, 0) is 25.1 Å². The number of unbranched alkanes of at least 4 members (excludes halogenated alkanes) is 1. The van der Waals surface area contributed by atoms with Crippen LogP contribution in [-0.4, -0.2) is 45.3 Å². The maximum Gasteiger partial charge on any atom is 0.119 e. The molecular weight excluding hydrogens is 248 g/mol. The summed E-state index contributed by atoms with van der Waals surface area (Å²) in [6, 6.07) is 8.39. The van der Waals surface area contributed by atoms with Crippen LogP contribution in [0.3, 0.4) is 0 Å². The van der Waals surface area contributed by atoms with Crippen LogP contribution in [0.4, 0.5) is 0 Å². The molecule has 0 aliphatic carbocycles. The van der Waals surface area contributed by atoms with E-state index in [4.69, 9.17) is 4.74 Å². The average molecular weight is 279 g/mol. The van der Waals surface area contributed by atoms with Gasteiger partial charge in [-0.25, -0.2) is 0 Å². The molecule has 0 saturated carbocycles. The number of ether oxygens (including phenoxy) is 1. The van der Waals surface area contributed by atoms with Crippen molar-refractivity contribution in [2.45, 2.75) is 32.7 Å². The van der Waals surface area contributed by atoms with Gasteiger partial charge in [0.1, 0.15) is 12.3 Å². The van der Waals surface area contributed by atoms with Gasteiger partial charge in [-0.1, -0.05) is 25.5 Å². The fourth-order valence-corrected chi connectivity index (χ4v) is 2.40. The Hall–Kier alpha value is -1.06. The topological polar surface area (TPSA) is 21.3 Å². The summed E-state index contributed by atoms with van der Waals surface area (Å²) >= 11 is 0. The van der Waals surface area contributed by atoms with Crippen LogP contribution in [0.15, 0.2) is 24.3 Å². The quantitative estimate of drug-likeness (QED) is 0.525. The first kappa shape index (κ1) is 17.0. The van der Waals surface area contributed by atoms with Gasteiger partial charge in [-0.2, -0.15) is 0 Å². The van der Waals surface area contributed by atoms with Crippen molar-refractivity contribution in [3.8, 4) is 5.75 Å². The molecule has 3 heteroatoms. The molecule has 0 radical (unpaired) electrons. The first-order valence-corrected chi connectivity index (χ1v) is 7.73. The second-order valence-corrected chi connectivity index (χ2v) is 6.13. The van der Waals surface area contributed by atoms with Gasteiger partial charge in [-0.3, -0.25) is 0 Å². The van der Waals surface area contributed by atoms with E-state index < -0.39 is 0 Å². The number of nitrogens with zero attached hydrogens (tertiary/aromatic N) is 1. The van der Waals surface area contributed by atoms with Crippen molar-refractivity contribution in [2.75, 3.05) is 40.8 Å². The predicted molar refractivity (Wildman–Crippen MR) is 86.1 cm³/mol. The molecule has 0 saturated heterocycles. The van der Waals surface area contributed by atoms with Crippen LogP contribution in [0.25, 0.3) is 0 Å². The van der Waals surface area contributed by atoms with Crippen LogP contribution < -0.4 is 10.1 Å². The number of methoxy groups -OCH3 is 1. The first-order valence-electron chi connectivity index (χ1n) is 7.73. The molecule has 1 aromatic rings. The summed E-state index contributed by atoms with van der Waals surface area (Å²) in [7, 11) is 6.32. The molecule has 1 aromatic carbocycles. The lowest BCUT2D eigenvalue weighted by molar-refractivity contribution is -0.903. The lowest BCUT2D eigenvalue weighted by Gasteiger charge is -2.30. The fourth-order valence-electron chi connectivity index (χ4n) is 2.40. The van der Waals surface area contributed by atoms with Crippen molar-refractivity contribution in [1.29, 1.82) is 0 Å². The number of rotatable bonds is 10. The Morgan fingerprint density at radius 2 is 1.90 bits per heavy atom. The molecule has 0 aliphatic heterocycles. The lowest BCUT2D eigenvalue weighted by atomic mass is 10.2. The molecule has 3 nitrogen and oxygen atoms in total. The molecule has 0 amide bonds. The Morgan fingerprint density at radius 1 is 1.15 bits per heavy atom. The molecule has 0 bridgehead atoms. The molecule has 0 fully saturated rings. The van der Waals surface area contributed by atoms with Crippen molar-refractivity contribution in [1.82, 2.24) is 5.32 Å². The van der Waals surface area contributed by atoms with E-state index >= 15 is 0 Å². The van der Waals surface area contributed by atoms with Gasteiger partial charge in [0.2, 0.25) is 0 Å². The van der Waals surface area contributed by atoms with E-state index in [-0.39, 0.29) is 0 Å². The highest BCUT2D eigenvalue weighted by molar-refractivity contribution is 5.27. The van der Waals surface area contributed by atoms with E-state index in [1.54, 1.807) is 7.11 Å². The Kier molecular flexibility index (Phi) is 7.63. The minimum atomic E-state index is 0.948. The highest BCUT2D eigenvalue weighted by Crippen LogP contribution is 2.16. The normalized spacial score (nSPS) is 11.6. The molecule has 0 aliphatic rings. The van der Waals surface area contributed by atoms with Crippen LogP contribution in [0, 0.1) is 0 Å². The van der Waals surface area contributed by atoms with E-state index in [2.05, 4.69) is 44.5 Å². The molecule has 114 valence electrons. The second-order valence-electron chi connectivity index (χ2n) is 6.13. The summed E-state index contributed by atoms with van der Waals surface area (Å²) in [6.45, 7) is 6.75. The lowest BCUT2D eigenvalue weighted by Crippen LogP contribution is -2.40. The standard InChI is InChI=1S/C17H31N2O/c1-5-6-11-18-12-8-13-19(2,3)15-16-9-7-10-17(14-16)20-4/h7,9-10,14,18H,5-6,8,11-13,15H2,1-4H3/q+1. The zero-order chi connectivity index (χ0) is 14.8. The minimum absolute atomic E-state index is 0.948. The van der Waals surface area contributed by atoms with Crippen LogP contribution in [0.5, 0.6) is 5.75 Å². The highest BCUT2D eigenvalue weighted by atomic mass is 16.5. The summed E-state index contributed by atoms with van der Waals surface area (Å²) < 4.78 is 6.30. The molecule has 0 spiro atoms. The van der Waals surface area contributed by atoms with E-state index in [9.17, 15) is 0 Å². The maximum atomic E-state index is 5.29. The molecule has 0 aromatic heterocycles. The third-order valence-electron chi connectivity index (χ3n) is 3.57. The van der Waals surface area contributed by atoms with Crippen molar-refractivity contribution in [3.63, 3.8) is 0 Å². The summed E-state index contributed by atoms with van der Waals surface area (Å²) in [6.07, 6.45) is 3.77. The van der Waals surface area contributed by atoms with E-state index in [1.807, 2.05) is 6.07 Å². The highest BCUT2D eigenvalue weighted by Gasteiger charge is 2.15. The van der Waals surface area contributed by atoms with Gasteiger partial charge in [0, 0.05) is 18.5 Å². The fraction of sp³-hybridized carbons (Fsp3) is 0.647.